The highest BCUT2D eigenvalue weighted by atomic mass is 32.1. The van der Waals surface area contributed by atoms with Crippen LogP contribution in [0.3, 0.4) is 0 Å². The standard InChI is InChI=1S/C13H26O2S/c1-12(2,3)4-7-15-10-13(11-16)5-8-14-9-6-13/h16H,4-11H2,1-3H3. The topological polar surface area (TPSA) is 18.5 Å². The lowest BCUT2D eigenvalue weighted by Crippen LogP contribution is -2.36. The van der Waals surface area contributed by atoms with Gasteiger partial charge in [-0.05, 0) is 30.4 Å². The molecule has 1 heterocycles. The van der Waals surface area contributed by atoms with E-state index in [0.29, 0.717) is 5.41 Å². The van der Waals surface area contributed by atoms with Crippen molar-refractivity contribution in [2.24, 2.45) is 10.8 Å². The molecule has 0 unspecified atom stereocenters. The zero-order valence-electron chi connectivity index (χ0n) is 10.9. The molecule has 96 valence electrons. The second-order valence-electron chi connectivity index (χ2n) is 6.13. The molecule has 0 amide bonds. The van der Waals surface area contributed by atoms with E-state index in [9.17, 15) is 0 Å². The van der Waals surface area contributed by atoms with Gasteiger partial charge < -0.3 is 9.47 Å². The van der Waals surface area contributed by atoms with Crippen molar-refractivity contribution in [3.8, 4) is 0 Å². The predicted molar refractivity (Wildman–Crippen MR) is 71.2 cm³/mol. The summed E-state index contributed by atoms with van der Waals surface area (Å²) in [4.78, 5) is 0. The first-order chi connectivity index (χ1) is 7.47. The average molecular weight is 246 g/mol. The minimum absolute atomic E-state index is 0.263. The number of rotatable bonds is 5. The van der Waals surface area contributed by atoms with Gasteiger partial charge in [0.25, 0.3) is 0 Å². The van der Waals surface area contributed by atoms with Crippen LogP contribution < -0.4 is 0 Å². The summed E-state index contributed by atoms with van der Waals surface area (Å²) in [5.74, 6) is 0.909. The SMILES string of the molecule is CC(C)(C)CCOCC1(CS)CCOCC1. The van der Waals surface area contributed by atoms with E-state index < -0.39 is 0 Å². The van der Waals surface area contributed by atoms with Crippen LogP contribution in [0.25, 0.3) is 0 Å². The van der Waals surface area contributed by atoms with Crippen LogP contribution in [0.15, 0.2) is 0 Å². The van der Waals surface area contributed by atoms with Crippen molar-refractivity contribution in [2.75, 3.05) is 32.2 Å². The number of hydrogen-bond acceptors (Lipinski definition) is 3. The zero-order chi connectivity index (χ0) is 12.1. The van der Waals surface area contributed by atoms with Crippen molar-refractivity contribution in [1.82, 2.24) is 0 Å². The van der Waals surface area contributed by atoms with E-state index >= 15 is 0 Å². The van der Waals surface area contributed by atoms with Gasteiger partial charge in [0.05, 0.1) is 6.61 Å². The van der Waals surface area contributed by atoms with E-state index in [-0.39, 0.29) is 5.41 Å². The molecule has 0 N–H and O–H groups in total. The first kappa shape index (κ1) is 14.3. The smallest absolute Gasteiger partial charge is 0.0531 e. The van der Waals surface area contributed by atoms with E-state index in [2.05, 4.69) is 33.4 Å². The van der Waals surface area contributed by atoms with Crippen molar-refractivity contribution >= 4 is 12.6 Å². The Morgan fingerprint density at radius 2 is 1.88 bits per heavy atom. The van der Waals surface area contributed by atoms with Crippen LogP contribution in [-0.4, -0.2) is 32.2 Å². The lowest BCUT2D eigenvalue weighted by Gasteiger charge is -2.35. The molecular weight excluding hydrogens is 220 g/mol. The second-order valence-corrected chi connectivity index (χ2v) is 6.45. The molecule has 0 aliphatic carbocycles. The summed E-state index contributed by atoms with van der Waals surface area (Å²) >= 11 is 4.47. The maximum atomic E-state index is 5.84. The quantitative estimate of drug-likeness (QED) is 0.593. The van der Waals surface area contributed by atoms with Gasteiger partial charge in [0.2, 0.25) is 0 Å². The van der Waals surface area contributed by atoms with E-state index in [4.69, 9.17) is 9.47 Å². The Hall–Kier alpha value is 0.270. The maximum absolute atomic E-state index is 5.84. The van der Waals surface area contributed by atoms with Crippen molar-refractivity contribution in [1.29, 1.82) is 0 Å². The van der Waals surface area contributed by atoms with Gasteiger partial charge >= 0.3 is 0 Å². The van der Waals surface area contributed by atoms with Crippen LogP contribution in [0.2, 0.25) is 0 Å². The molecule has 1 fully saturated rings. The van der Waals surface area contributed by atoms with E-state index in [1.54, 1.807) is 0 Å². The molecule has 0 saturated carbocycles. The Kier molecular flexibility index (Phi) is 5.62. The summed E-state index contributed by atoms with van der Waals surface area (Å²) in [7, 11) is 0. The Balaban J connectivity index is 2.23. The van der Waals surface area contributed by atoms with Gasteiger partial charge in [-0.25, -0.2) is 0 Å². The molecule has 1 aliphatic heterocycles. The highest BCUT2D eigenvalue weighted by molar-refractivity contribution is 7.80. The second kappa shape index (κ2) is 6.27. The van der Waals surface area contributed by atoms with Crippen molar-refractivity contribution in [3.63, 3.8) is 0 Å². The van der Waals surface area contributed by atoms with Gasteiger partial charge in [0, 0.05) is 25.2 Å². The van der Waals surface area contributed by atoms with Crippen LogP contribution in [0.1, 0.15) is 40.0 Å². The van der Waals surface area contributed by atoms with Gasteiger partial charge in [-0.1, -0.05) is 20.8 Å². The van der Waals surface area contributed by atoms with Crippen LogP contribution in [-0.2, 0) is 9.47 Å². The molecule has 3 heteroatoms. The van der Waals surface area contributed by atoms with Gasteiger partial charge in [0.15, 0.2) is 0 Å². The van der Waals surface area contributed by atoms with Gasteiger partial charge in [-0.15, -0.1) is 0 Å². The Labute approximate surface area is 105 Å². The average Bonchev–Trinajstić information content (AvgIpc) is 2.25. The molecule has 1 saturated heterocycles. The fourth-order valence-electron chi connectivity index (χ4n) is 1.82. The summed E-state index contributed by atoms with van der Waals surface area (Å²) < 4.78 is 11.2. The summed E-state index contributed by atoms with van der Waals surface area (Å²) in [6.45, 7) is 10.2. The molecule has 2 nitrogen and oxygen atoms in total. The Morgan fingerprint density at radius 3 is 2.38 bits per heavy atom. The first-order valence-corrected chi connectivity index (χ1v) is 6.87. The summed E-state index contributed by atoms with van der Waals surface area (Å²) in [6.07, 6.45) is 3.30. The third-order valence-electron chi connectivity index (χ3n) is 3.29. The highest BCUT2D eigenvalue weighted by Crippen LogP contribution is 2.32. The minimum atomic E-state index is 0.263. The van der Waals surface area contributed by atoms with E-state index in [1.807, 2.05) is 0 Å². The molecule has 0 radical (unpaired) electrons. The lowest BCUT2D eigenvalue weighted by atomic mass is 9.83. The van der Waals surface area contributed by atoms with Gasteiger partial charge in [-0.3, -0.25) is 0 Å². The molecule has 0 aromatic carbocycles. The summed E-state index contributed by atoms with van der Waals surface area (Å²) in [5.41, 5.74) is 0.628. The fourth-order valence-corrected chi connectivity index (χ4v) is 2.23. The third kappa shape index (κ3) is 5.07. The largest absolute Gasteiger partial charge is 0.381 e. The van der Waals surface area contributed by atoms with Crippen LogP contribution in [0.4, 0.5) is 0 Å². The molecule has 1 aliphatic rings. The monoisotopic (exact) mass is 246 g/mol. The van der Waals surface area contributed by atoms with Crippen molar-refractivity contribution in [2.45, 2.75) is 40.0 Å². The molecule has 1 rings (SSSR count). The number of hydrogen-bond donors (Lipinski definition) is 1. The molecule has 16 heavy (non-hydrogen) atoms. The highest BCUT2D eigenvalue weighted by Gasteiger charge is 2.31. The molecular formula is C13H26O2S. The Bertz CT molecular complexity index is 193. The Morgan fingerprint density at radius 1 is 1.25 bits per heavy atom. The van der Waals surface area contributed by atoms with Crippen molar-refractivity contribution in [3.05, 3.63) is 0 Å². The normalized spacial score (nSPS) is 21.0. The zero-order valence-corrected chi connectivity index (χ0v) is 11.8. The molecule has 0 bridgehead atoms. The van der Waals surface area contributed by atoms with E-state index in [1.165, 1.54) is 0 Å². The summed E-state index contributed by atoms with van der Waals surface area (Å²) in [5, 5.41) is 0. The molecule has 0 aromatic rings. The number of ether oxygens (including phenoxy) is 2. The fraction of sp³-hybridized carbons (Fsp3) is 1.00. The van der Waals surface area contributed by atoms with Crippen LogP contribution >= 0.6 is 12.6 Å². The van der Waals surface area contributed by atoms with Crippen molar-refractivity contribution < 1.29 is 9.47 Å². The number of thiol groups is 1. The summed E-state index contributed by atoms with van der Waals surface area (Å²) in [6, 6.07) is 0. The van der Waals surface area contributed by atoms with Gasteiger partial charge in [0.1, 0.15) is 0 Å². The third-order valence-corrected chi connectivity index (χ3v) is 3.96. The molecule has 0 atom stereocenters. The van der Waals surface area contributed by atoms with E-state index in [0.717, 1.165) is 51.4 Å². The van der Waals surface area contributed by atoms with Crippen LogP contribution in [0, 0.1) is 10.8 Å². The first-order valence-electron chi connectivity index (χ1n) is 6.24. The molecule has 0 spiro atoms. The van der Waals surface area contributed by atoms with Crippen LogP contribution in [0.5, 0.6) is 0 Å². The minimum Gasteiger partial charge on any atom is -0.381 e. The van der Waals surface area contributed by atoms with Gasteiger partial charge in [-0.2, -0.15) is 12.6 Å². The molecule has 0 aromatic heterocycles. The lowest BCUT2D eigenvalue weighted by molar-refractivity contribution is -0.0309. The maximum Gasteiger partial charge on any atom is 0.0531 e. The predicted octanol–water partition coefficient (Wildman–Crippen LogP) is 3.17.